The molecule has 5 nitrogen and oxygen atoms in total. The van der Waals surface area contributed by atoms with E-state index in [-0.39, 0.29) is 17.4 Å². The fourth-order valence-corrected chi connectivity index (χ4v) is 2.78. The van der Waals surface area contributed by atoms with E-state index in [9.17, 15) is 9.59 Å². The molecule has 27 heavy (non-hydrogen) atoms. The molecule has 1 aromatic heterocycles. The highest BCUT2D eigenvalue weighted by molar-refractivity contribution is 5.92. The molecule has 0 saturated heterocycles. The summed E-state index contributed by atoms with van der Waals surface area (Å²) in [5, 5.41) is 3.37. The molecule has 5 heteroatoms. The van der Waals surface area contributed by atoms with Crippen molar-refractivity contribution in [2.75, 3.05) is 7.11 Å². The van der Waals surface area contributed by atoms with Crippen molar-refractivity contribution in [2.24, 2.45) is 0 Å². The van der Waals surface area contributed by atoms with Crippen LogP contribution in [0, 0.1) is 6.92 Å². The fraction of sp³-hybridized carbons (Fsp3) is 0.182. The zero-order valence-corrected chi connectivity index (χ0v) is 15.5. The fourth-order valence-electron chi connectivity index (χ4n) is 2.78. The second-order valence-corrected chi connectivity index (χ2v) is 6.36. The molecular weight excluding hydrogens is 342 g/mol. The third-order valence-electron chi connectivity index (χ3n) is 4.34. The smallest absolute Gasteiger partial charge is 0.244 e. The van der Waals surface area contributed by atoms with Crippen molar-refractivity contribution in [3.63, 3.8) is 0 Å². The number of carbonyl (C=O) groups is 1. The summed E-state index contributed by atoms with van der Waals surface area (Å²) in [5.74, 6) is 0.470. The molecule has 2 aromatic carbocycles. The molecule has 0 saturated carbocycles. The third-order valence-corrected chi connectivity index (χ3v) is 4.34. The maximum atomic E-state index is 12.5. The number of fused-ring (bicyclic) bond motifs is 1. The minimum atomic E-state index is -0.290. The van der Waals surface area contributed by atoms with Gasteiger partial charge >= 0.3 is 0 Å². The molecule has 0 aliphatic heterocycles. The Balaban J connectivity index is 1.73. The van der Waals surface area contributed by atoms with Crippen LogP contribution in [0.3, 0.4) is 0 Å². The Morgan fingerprint density at radius 2 is 1.93 bits per heavy atom. The number of benzene rings is 2. The summed E-state index contributed by atoms with van der Waals surface area (Å²) in [7, 11) is 1.61. The minimum Gasteiger partial charge on any atom is -0.497 e. The van der Waals surface area contributed by atoms with Gasteiger partial charge in [-0.15, -0.1) is 0 Å². The van der Waals surface area contributed by atoms with Crippen molar-refractivity contribution in [3.05, 3.63) is 81.7 Å². The zero-order chi connectivity index (χ0) is 19.4. The maximum absolute atomic E-state index is 12.5. The Hall–Kier alpha value is -3.34. The number of hydrogen-bond donors (Lipinski definition) is 1. The second kappa shape index (κ2) is 7.91. The summed E-state index contributed by atoms with van der Waals surface area (Å²) in [6, 6.07) is 12.7. The summed E-state index contributed by atoms with van der Waals surface area (Å²) in [4.78, 5) is 24.7. The monoisotopic (exact) mass is 363 g/mol. The summed E-state index contributed by atoms with van der Waals surface area (Å²) in [6.07, 6.45) is 4.19. The number of methoxy groups -OCH3 is 1. The average molecular weight is 363 g/mol. The van der Waals surface area contributed by atoms with Crippen molar-refractivity contribution in [1.82, 2.24) is 5.32 Å². The van der Waals surface area contributed by atoms with E-state index >= 15 is 0 Å². The van der Waals surface area contributed by atoms with E-state index < -0.39 is 0 Å². The van der Waals surface area contributed by atoms with E-state index in [0.29, 0.717) is 16.5 Å². The lowest BCUT2D eigenvalue weighted by atomic mass is 10.1. The molecule has 1 heterocycles. The third kappa shape index (κ3) is 4.26. The van der Waals surface area contributed by atoms with E-state index in [1.54, 1.807) is 19.2 Å². The van der Waals surface area contributed by atoms with Crippen LogP contribution in [0.2, 0.25) is 0 Å². The van der Waals surface area contributed by atoms with Gasteiger partial charge in [-0.3, -0.25) is 9.59 Å². The van der Waals surface area contributed by atoms with Crippen LogP contribution in [0.1, 0.15) is 29.7 Å². The minimum absolute atomic E-state index is 0.160. The highest BCUT2D eigenvalue weighted by atomic mass is 16.5. The largest absolute Gasteiger partial charge is 0.497 e. The molecule has 1 N–H and O–H groups in total. The lowest BCUT2D eigenvalue weighted by molar-refractivity contribution is -0.117. The summed E-state index contributed by atoms with van der Waals surface area (Å²) >= 11 is 0. The lowest BCUT2D eigenvalue weighted by Gasteiger charge is -2.13. The SMILES string of the molecule is COc1ccc(C(C)NC(=O)/C=C/c2coc3ccc(C)cc3c2=O)cc1. The zero-order valence-electron chi connectivity index (χ0n) is 15.5. The van der Waals surface area contributed by atoms with Crippen LogP contribution in [0.25, 0.3) is 17.0 Å². The van der Waals surface area contributed by atoms with E-state index in [1.165, 1.54) is 18.4 Å². The van der Waals surface area contributed by atoms with Crippen LogP contribution in [0.15, 0.2) is 64.0 Å². The van der Waals surface area contributed by atoms with Gasteiger partial charge in [0.15, 0.2) is 5.43 Å². The van der Waals surface area contributed by atoms with Gasteiger partial charge in [-0.05, 0) is 49.8 Å². The molecule has 0 fully saturated rings. The van der Waals surface area contributed by atoms with E-state index in [2.05, 4.69) is 5.32 Å². The van der Waals surface area contributed by atoms with Gasteiger partial charge in [0.25, 0.3) is 0 Å². The Morgan fingerprint density at radius 3 is 2.63 bits per heavy atom. The van der Waals surface area contributed by atoms with Gasteiger partial charge in [-0.25, -0.2) is 0 Å². The lowest BCUT2D eigenvalue weighted by Crippen LogP contribution is -2.24. The molecule has 0 aliphatic rings. The van der Waals surface area contributed by atoms with E-state index in [1.807, 2.05) is 44.2 Å². The molecule has 0 aliphatic carbocycles. The molecule has 0 bridgehead atoms. The first-order valence-electron chi connectivity index (χ1n) is 8.62. The van der Waals surface area contributed by atoms with Gasteiger partial charge in [0.05, 0.1) is 24.1 Å². The van der Waals surface area contributed by atoms with Crippen LogP contribution < -0.4 is 15.5 Å². The highest BCUT2D eigenvalue weighted by Gasteiger charge is 2.09. The summed E-state index contributed by atoms with van der Waals surface area (Å²) in [6.45, 7) is 3.80. The van der Waals surface area contributed by atoms with Gasteiger partial charge < -0.3 is 14.5 Å². The molecule has 1 atom stereocenters. The van der Waals surface area contributed by atoms with Crippen LogP contribution in [-0.2, 0) is 4.79 Å². The molecule has 3 rings (SSSR count). The molecule has 0 spiro atoms. The first-order valence-corrected chi connectivity index (χ1v) is 8.62. The van der Waals surface area contributed by atoms with E-state index in [4.69, 9.17) is 9.15 Å². The summed E-state index contributed by atoms with van der Waals surface area (Å²) < 4.78 is 10.6. The first-order chi connectivity index (χ1) is 13.0. The Morgan fingerprint density at radius 1 is 1.19 bits per heavy atom. The normalized spacial score (nSPS) is 12.3. The number of amides is 1. The second-order valence-electron chi connectivity index (χ2n) is 6.36. The van der Waals surface area contributed by atoms with Crippen LogP contribution in [0.4, 0.5) is 0 Å². The molecule has 1 amide bonds. The van der Waals surface area contributed by atoms with Crippen molar-refractivity contribution < 1.29 is 13.9 Å². The van der Waals surface area contributed by atoms with Crippen molar-refractivity contribution in [2.45, 2.75) is 19.9 Å². The molecule has 0 radical (unpaired) electrons. The number of rotatable bonds is 5. The van der Waals surface area contributed by atoms with Crippen LogP contribution >= 0.6 is 0 Å². The Kier molecular flexibility index (Phi) is 5.41. The standard InChI is InChI=1S/C22H21NO4/c1-14-4-10-20-19(12-14)22(25)17(13-27-20)7-11-21(24)23-15(2)16-5-8-18(26-3)9-6-16/h4-13,15H,1-3H3,(H,23,24)/b11-7+. The predicted octanol–water partition coefficient (Wildman–Crippen LogP) is 4.00. The number of carbonyl (C=O) groups excluding carboxylic acids is 1. The number of ether oxygens (including phenoxy) is 1. The average Bonchev–Trinajstić information content (AvgIpc) is 2.68. The molecule has 3 aromatic rings. The maximum Gasteiger partial charge on any atom is 0.244 e. The van der Waals surface area contributed by atoms with Gasteiger partial charge in [-0.2, -0.15) is 0 Å². The van der Waals surface area contributed by atoms with Crippen LogP contribution in [-0.4, -0.2) is 13.0 Å². The van der Waals surface area contributed by atoms with Gasteiger partial charge in [0.1, 0.15) is 17.6 Å². The van der Waals surface area contributed by atoms with Gasteiger partial charge in [0, 0.05) is 6.08 Å². The highest BCUT2D eigenvalue weighted by Crippen LogP contribution is 2.17. The van der Waals surface area contributed by atoms with Gasteiger partial charge in [-0.1, -0.05) is 23.8 Å². The molecule has 138 valence electrons. The Bertz CT molecular complexity index is 1050. The first kappa shape index (κ1) is 18.5. The topological polar surface area (TPSA) is 68.5 Å². The predicted molar refractivity (Wildman–Crippen MR) is 106 cm³/mol. The number of hydrogen-bond acceptors (Lipinski definition) is 4. The van der Waals surface area contributed by atoms with Crippen molar-refractivity contribution >= 4 is 23.0 Å². The van der Waals surface area contributed by atoms with Crippen molar-refractivity contribution in [3.8, 4) is 5.75 Å². The summed E-state index contributed by atoms with van der Waals surface area (Å²) in [5.41, 5.74) is 2.63. The number of nitrogens with one attached hydrogen (secondary N) is 1. The Labute approximate surface area is 157 Å². The van der Waals surface area contributed by atoms with Crippen LogP contribution in [0.5, 0.6) is 5.75 Å². The quantitative estimate of drug-likeness (QED) is 0.696. The number of aryl methyl sites for hydroxylation is 1. The molecular formula is C22H21NO4. The van der Waals surface area contributed by atoms with E-state index in [0.717, 1.165) is 16.9 Å². The van der Waals surface area contributed by atoms with Crippen molar-refractivity contribution in [1.29, 1.82) is 0 Å². The van der Waals surface area contributed by atoms with Gasteiger partial charge in [0.2, 0.25) is 5.91 Å². The molecule has 1 unspecified atom stereocenters.